The minimum atomic E-state index is -1.89. The molecule has 2 nitrogen and oxygen atoms in total. The van der Waals surface area contributed by atoms with Crippen LogP contribution in [0.2, 0.25) is 6.04 Å². The average Bonchev–Trinajstić information content (AvgIpc) is 3.04. The molecule has 1 unspecified atom stereocenters. The molecule has 2 aliphatic carbocycles. The van der Waals surface area contributed by atoms with Crippen LogP contribution < -0.4 is 0 Å². The van der Waals surface area contributed by atoms with Crippen molar-refractivity contribution < 1.29 is 26.2 Å². The number of hydrogen-bond acceptors (Lipinski definition) is 1. The molecule has 0 bridgehead atoms. The molecule has 0 saturated carbocycles. The second-order valence-corrected chi connectivity index (χ2v) is 10.6. The van der Waals surface area contributed by atoms with E-state index in [4.69, 9.17) is 0 Å². The van der Waals surface area contributed by atoms with E-state index in [0.717, 1.165) is 5.57 Å². The summed E-state index contributed by atoms with van der Waals surface area (Å²) in [5, 5.41) is 0. The molecule has 0 spiro atoms. The first-order valence-corrected chi connectivity index (χ1v) is 11.4. The van der Waals surface area contributed by atoms with E-state index in [1.54, 1.807) is 0 Å². The zero-order chi connectivity index (χ0) is 20.1. The van der Waals surface area contributed by atoms with E-state index in [1.165, 1.54) is 33.4 Å². The maximum atomic E-state index is 13.2. The van der Waals surface area contributed by atoms with Crippen molar-refractivity contribution in [2.75, 3.05) is 7.05 Å². The summed E-state index contributed by atoms with van der Waals surface area (Å²) in [7, 11) is 0.0943. The van der Waals surface area contributed by atoms with Gasteiger partial charge in [0.2, 0.25) is 0 Å². The molecule has 2 aromatic carbocycles. The number of allylic oxidation sites excluding steroid dienone is 4. The van der Waals surface area contributed by atoms with E-state index >= 15 is 0 Å². The maximum absolute atomic E-state index is 13.2. The van der Waals surface area contributed by atoms with Gasteiger partial charge in [0.15, 0.2) is 0 Å². The summed E-state index contributed by atoms with van der Waals surface area (Å²) < 4.78 is 15.2. The normalized spacial score (nSPS) is 17.1. The van der Waals surface area contributed by atoms with Crippen LogP contribution >= 0.6 is 0 Å². The molecule has 0 amide bonds. The molecule has 2 aliphatic rings. The topological polar surface area (TPSA) is 20.3 Å². The Hall–Kier alpha value is -1.81. The van der Waals surface area contributed by atoms with E-state index < -0.39 is 8.84 Å². The van der Waals surface area contributed by atoms with Crippen molar-refractivity contribution in [3.63, 3.8) is 0 Å². The van der Waals surface area contributed by atoms with Gasteiger partial charge in [-0.2, -0.15) is 0 Å². The summed E-state index contributed by atoms with van der Waals surface area (Å²) >= 11 is 0. The summed E-state index contributed by atoms with van der Waals surface area (Å²) in [5.41, 5.74) is 8.32. The number of benzene rings is 2. The minimum Gasteiger partial charge on any atom is -0.375 e. The number of fused-ring (bicyclic) bond motifs is 4. The molecule has 1 atom stereocenters. The standard InChI is InChI=1S/C25H27NOSi.Ti/c1-17-19-10-6-8-12-21(19)23-15-14-18(16-28(27)26(5)25(2,3)4)24(23)22-13-9-7-11-20(17)22;/h6-15,18H,1,16H2,2-5H3;/q;+3. The summed E-state index contributed by atoms with van der Waals surface area (Å²) in [4.78, 5) is 0. The Bertz CT molecular complexity index is 1040. The van der Waals surface area contributed by atoms with Gasteiger partial charge in [0, 0.05) is 24.5 Å². The zero-order valence-corrected chi connectivity index (χ0v) is 20.2. The molecule has 143 valence electrons. The molecular weight excluding hydrogens is 406 g/mol. The zero-order valence-electron chi connectivity index (χ0n) is 17.6. The molecule has 0 aromatic heterocycles. The second-order valence-electron chi connectivity index (χ2n) is 8.69. The first-order valence-electron chi connectivity index (χ1n) is 9.86. The Kier molecular flexibility index (Phi) is 6.14. The quantitative estimate of drug-likeness (QED) is 0.570. The second kappa shape index (κ2) is 8.14. The van der Waals surface area contributed by atoms with Gasteiger partial charge in [-0.1, -0.05) is 67.3 Å². The fourth-order valence-electron chi connectivity index (χ4n) is 4.15. The smallest absolute Gasteiger partial charge is 0.375 e. The monoisotopic (exact) mass is 433 g/mol. The summed E-state index contributed by atoms with van der Waals surface area (Å²) in [6.45, 7) is 10.8. The molecule has 0 heterocycles. The largest absolute Gasteiger partial charge is 3.00 e. The van der Waals surface area contributed by atoms with Crippen molar-refractivity contribution in [1.82, 2.24) is 4.57 Å². The first-order chi connectivity index (χ1) is 13.3. The fraction of sp³-hybridized carbons (Fsp3) is 0.280. The number of nitrogens with zero attached hydrogens (tertiary/aromatic N) is 1. The van der Waals surface area contributed by atoms with E-state index in [2.05, 4.69) is 88.0 Å². The molecule has 0 aliphatic heterocycles. The Labute approximate surface area is 190 Å². The van der Waals surface area contributed by atoms with Crippen molar-refractivity contribution >= 4 is 25.6 Å². The molecular formula is C25H27NOSiTi+3. The van der Waals surface area contributed by atoms with Crippen LogP contribution in [0.25, 0.3) is 16.7 Å². The van der Waals surface area contributed by atoms with Crippen LogP contribution in [0.15, 0.2) is 67.3 Å². The third-order valence-corrected chi connectivity index (χ3v) is 8.22. The van der Waals surface area contributed by atoms with E-state index in [-0.39, 0.29) is 33.2 Å². The van der Waals surface area contributed by atoms with Crippen LogP contribution in [0, 0.1) is 5.92 Å². The average molecular weight is 433 g/mol. The number of hydrogen-bond donors (Lipinski definition) is 0. The predicted molar refractivity (Wildman–Crippen MR) is 119 cm³/mol. The number of rotatable bonds is 3. The Morgan fingerprint density at radius 1 is 0.966 bits per heavy atom. The third kappa shape index (κ3) is 3.84. The van der Waals surface area contributed by atoms with Gasteiger partial charge in [-0.3, -0.25) is 0 Å². The molecule has 0 saturated heterocycles. The molecule has 0 fully saturated rings. The Morgan fingerprint density at radius 3 is 2.07 bits per heavy atom. The summed E-state index contributed by atoms with van der Waals surface area (Å²) in [5.74, 6) is 0.159. The van der Waals surface area contributed by atoms with Gasteiger partial charge < -0.3 is 9.03 Å². The predicted octanol–water partition coefficient (Wildman–Crippen LogP) is 5.80. The summed E-state index contributed by atoms with van der Waals surface area (Å²) in [6, 6.07) is 17.7. The van der Waals surface area contributed by atoms with Crippen LogP contribution in [0.5, 0.6) is 0 Å². The van der Waals surface area contributed by atoms with Crippen molar-refractivity contribution in [2.45, 2.75) is 32.4 Å². The maximum Gasteiger partial charge on any atom is 3.00 e. The van der Waals surface area contributed by atoms with E-state index in [1.807, 2.05) is 11.6 Å². The first kappa shape index (κ1) is 21.9. The van der Waals surface area contributed by atoms with Gasteiger partial charge in [-0.05, 0) is 59.7 Å². The van der Waals surface area contributed by atoms with Crippen LogP contribution in [0.4, 0.5) is 0 Å². The Morgan fingerprint density at radius 2 is 1.48 bits per heavy atom. The molecule has 29 heavy (non-hydrogen) atoms. The van der Waals surface area contributed by atoms with Crippen molar-refractivity contribution in [3.05, 3.63) is 89.5 Å². The van der Waals surface area contributed by atoms with Gasteiger partial charge in [-0.25, -0.2) is 0 Å². The molecule has 2 aromatic rings. The molecule has 0 N–H and O–H groups in total. The molecule has 4 rings (SSSR count). The van der Waals surface area contributed by atoms with Crippen molar-refractivity contribution in [1.29, 1.82) is 0 Å². The summed E-state index contributed by atoms with van der Waals surface area (Å²) in [6.07, 6.45) is 4.46. The van der Waals surface area contributed by atoms with Gasteiger partial charge in [0.25, 0.3) is 0 Å². The van der Waals surface area contributed by atoms with Crippen LogP contribution in [0.3, 0.4) is 0 Å². The SMILES string of the molecule is C=C1c2ccccc2C2=C(c3ccccc31)C(C[Si](=O)N(C)C(C)(C)C)C=C2.[Ti+3]. The van der Waals surface area contributed by atoms with Crippen molar-refractivity contribution in [2.24, 2.45) is 5.92 Å². The van der Waals surface area contributed by atoms with Crippen LogP contribution in [-0.4, -0.2) is 26.0 Å². The van der Waals surface area contributed by atoms with Gasteiger partial charge >= 0.3 is 30.6 Å². The van der Waals surface area contributed by atoms with Gasteiger partial charge in [0.05, 0.1) is 0 Å². The third-order valence-electron chi connectivity index (χ3n) is 6.02. The van der Waals surface area contributed by atoms with E-state index in [9.17, 15) is 4.46 Å². The van der Waals surface area contributed by atoms with Crippen LogP contribution in [0.1, 0.15) is 43.0 Å². The molecule has 4 heteroatoms. The molecule has 1 radical (unpaired) electrons. The van der Waals surface area contributed by atoms with E-state index in [0.29, 0.717) is 6.04 Å². The Balaban J connectivity index is 0.00000240. The fourth-order valence-corrected chi connectivity index (χ4v) is 5.89. The minimum absolute atomic E-state index is 0. The van der Waals surface area contributed by atoms with Gasteiger partial charge in [-0.15, -0.1) is 0 Å². The van der Waals surface area contributed by atoms with Crippen LogP contribution in [-0.2, 0) is 26.2 Å². The van der Waals surface area contributed by atoms with Crippen molar-refractivity contribution in [3.8, 4) is 0 Å². The van der Waals surface area contributed by atoms with Gasteiger partial charge in [0.1, 0.15) is 0 Å².